The summed E-state index contributed by atoms with van der Waals surface area (Å²) in [4.78, 5) is 0. The van der Waals surface area contributed by atoms with Crippen LogP contribution in [0.5, 0.6) is 0 Å². The minimum Gasteiger partial charge on any atom is -0.380 e. The first kappa shape index (κ1) is 15.9. The molecule has 0 fully saturated rings. The summed E-state index contributed by atoms with van der Waals surface area (Å²) in [6.07, 6.45) is 6.40. The molecule has 0 aliphatic rings. The molecule has 1 N–H and O–H groups in total. The summed E-state index contributed by atoms with van der Waals surface area (Å²) in [6, 6.07) is 0.489. The molecule has 0 aliphatic carbocycles. The van der Waals surface area contributed by atoms with E-state index in [0.29, 0.717) is 6.04 Å². The molecule has 0 heterocycles. The van der Waals surface area contributed by atoms with E-state index in [1.54, 1.807) is 0 Å². The number of nitrogens with one attached hydrogen (secondary N) is 1. The van der Waals surface area contributed by atoms with Crippen LogP contribution in [0.2, 0.25) is 0 Å². The quantitative estimate of drug-likeness (QED) is 0.584. The van der Waals surface area contributed by atoms with E-state index in [1.165, 1.54) is 32.1 Å². The number of unbranched alkanes of at least 4 members (excludes halogenated alkanes) is 1. The minimum absolute atomic E-state index is 0.489. The van der Waals surface area contributed by atoms with Gasteiger partial charge in [-0.05, 0) is 32.2 Å². The van der Waals surface area contributed by atoms with Gasteiger partial charge in [0.15, 0.2) is 0 Å². The maximum absolute atomic E-state index is 5.78. The van der Waals surface area contributed by atoms with E-state index in [-0.39, 0.29) is 0 Å². The third kappa shape index (κ3) is 9.17. The summed E-state index contributed by atoms with van der Waals surface area (Å²) in [7, 11) is 0. The molecule has 0 aromatic heterocycles. The van der Waals surface area contributed by atoms with Gasteiger partial charge in [-0.2, -0.15) is 0 Å². The monoisotopic (exact) mass is 229 g/mol. The lowest BCUT2D eigenvalue weighted by atomic mass is 10.0. The molecule has 0 radical (unpaired) electrons. The average molecular weight is 229 g/mol. The fourth-order valence-electron chi connectivity index (χ4n) is 1.76. The van der Waals surface area contributed by atoms with Crippen LogP contribution >= 0.6 is 0 Å². The molecule has 0 aromatic carbocycles. The Morgan fingerprint density at radius 3 is 2.38 bits per heavy atom. The zero-order valence-electron chi connectivity index (χ0n) is 11.7. The van der Waals surface area contributed by atoms with Crippen molar-refractivity contribution in [3.05, 3.63) is 0 Å². The predicted octanol–water partition coefficient (Wildman–Crippen LogP) is 3.61. The van der Waals surface area contributed by atoms with Crippen LogP contribution in [-0.4, -0.2) is 25.8 Å². The Kier molecular flexibility index (Phi) is 11.3. The average Bonchev–Trinajstić information content (AvgIpc) is 2.30. The number of ether oxygens (including phenoxy) is 1. The lowest BCUT2D eigenvalue weighted by molar-refractivity contribution is 0.0800. The van der Waals surface area contributed by atoms with Crippen molar-refractivity contribution in [3.8, 4) is 0 Å². The highest BCUT2D eigenvalue weighted by atomic mass is 16.5. The Balaban J connectivity index is 3.45. The number of hydrogen-bond donors (Lipinski definition) is 1. The van der Waals surface area contributed by atoms with E-state index in [4.69, 9.17) is 4.74 Å². The van der Waals surface area contributed by atoms with Crippen molar-refractivity contribution >= 4 is 0 Å². The molecule has 2 nitrogen and oxygen atoms in total. The van der Waals surface area contributed by atoms with Gasteiger partial charge in [0.05, 0.1) is 6.61 Å². The second-order valence-corrected chi connectivity index (χ2v) is 4.81. The van der Waals surface area contributed by atoms with Crippen molar-refractivity contribution < 1.29 is 4.74 Å². The summed E-state index contributed by atoms with van der Waals surface area (Å²) >= 11 is 0. The Hall–Kier alpha value is -0.0800. The van der Waals surface area contributed by atoms with Crippen LogP contribution in [0.3, 0.4) is 0 Å². The summed E-state index contributed by atoms with van der Waals surface area (Å²) in [5.41, 5.74) is 0. The largest absolute Gasteiger partial charge is 0.380 e. The summed E-state index contributed by atoms with van der Waals surface area (Å²) in [6.45, 7) is 11.8. The van der Waals surface area contributed by atoms with Gasteiger partial charge in [0.1, 0.15) is 0 Å². The van der Waals surface area contributed by atoms with Gasteiger partial charge in [0.2, 0.25) is 0 Å². The molecule has 0 rings (SSSR count). The molecule has 2 heteroatoms. The van der Waals surface area contributed by atoms with Crippen LogP contribution in [0.4, 0.5) is 0 Å². The lowest BCUT2D eigenvalue weighted by Crippen LogP contribution is -2.31. The normalized spacial score (nSPS) is 15.0. The van der Waals surface area contributed by atoms with Crippen molar-refractivity contribution in [2.45, 2.75) is 65.8 Å². The minimum atomic E-state index is 0.489. The molecular formula is C14H31NO. The first-order valence-electron chi connectivity index (χ1n) is 7.05. The summed E-state index contributed by atoms with van der Waals surface area (Å²) in [5.74, 6) is 0.762. The van der Waals surface area contributed by atoms with Crippen molar-refractivity contribution in [2.24, 2.45) is 5.92 Å². The zero-order valence-corrected chi connectivity index (χ0v) is 11.7. The summed E-state index contributed by atoms with van der Waals surface area (Å²) in [5, 5.41) is 3.44. The topological polar surface area (TPSA) is 21.3 Å². The zero-order chi connectivity index (χ0) is 12.2. The van der Waals surface area contributed by atoms with Gasteiger partial charge in [-0.1, -0.05) is 40.0 Å². The SMILES string of the molecule is CCCCC(CC)COCC(C)NCCC. The molecule has 2 unspecified atom stereocenters. The summed E-state index contributed by atoms with van der Waals surface area (Å²) < 4.78 is 5.78. The fourth-order valence-corrected chi connectivity index (χ4v) is 1.76. The molecule has 2 atom stereocenters. The highest BCUT2D eigenvalue weighted by Gasteiger charge is 2.07. The van der Waals surface area contributed by atoms with Crippen molar-refractivity contribution in [1.82, 2.24) is 5.32 Å². The third-order valence-corrected chi connectivity index (χ3v) is 3.01. The van der Waals surface area contributed by atoms with Crippen LogP contribution in [0.25, 0.3) is 0 Å². The first-order chi connectivity index (χ1) is 7.74. The van der Waals surface area contributed by atoms with Gasteiger partial charge in [-0.15, -0.1) is 0 Å². The molecule has 0 saturated heterocycles. The van der Waals surface area contributed by atoms with E-state index in [2.05, 4.69) is 33.0 Å². The Morgan fingerprint density at radius 2 is 1.81 bits per heavy atom. The first-order valence-corrected chi connectivity index (χ1v) is 7.05. The van der Waals surface area contributed by atoms with Crippen LogP contribution in [0.15, 0.2) is 0 Å². The lowest BCUT2D eigenvalue weighted by Gasteiger charge is -2.18. The maximum Gasteiger partial charge on any atom is 0.0617 e. The second kappa shape index (κ2) is 11.4. The highest BCUT2D eigenvalue weighted by molar-refractivity contribution is 4.60. The maximum atomic E-state index is 5.78. The van der Waals surface area contributed by atoms with Gasteiger partial charge in [0, 0.05) is 12.6 Å². The molecule has 0 spiro atoms. The van der Waals surface area contributed by atoms with Crippen LogP contribution < -0.4 is 5.32 Å². The molecule has 0 saturated carbocycles. The Labute approximate surface area is 102 Å². The van der Waals surface area contributed by atoms with E-state index in [1.807, 2.05) is 0 Å². The Bertz CT molecular complexity index is 139. The standard InChI is InChI=1S/C14H31NO/c1-5-8-9-14(7-3)12-16-11-13(4)15-10-6-2/h13-15H,5-12H2,1-4H3. The number of hydrogen-bond acceptors (Lipinski definition) is 2. The van der Waals surface area contributed by atoms with E-state index >= 15 is 0 Å². The predicted molar refractivity (Wildman–Crippen MR) is 71.9 cm³/mol. The van der Waals surface area contributed by atoms with Crippen LogP contribution in [-0.2, 0) is 4.74 Å². The molecule has 16 heavy (non-hydrogen) atoms. The molecule has 0 bridgehead atoms. The van der Waals surface area contributed by atoms with Gasteiger partial charge in [0.25, 0.3) is 0 Å². The molecule has 0 aliphatic heterocycles. The molecule has 98 valence electrons. The van der Waals surface area contributed by atoms with Crippen molar-refractivity contribution in [1.29, 1.82) is 0 Å². The van der Waals surface area contributed by atoms with Gasteiger partial charge in [-0.25, -0.2) is 0 Å². The smallest absolute Gasteiger partial charge is 0.0617 e. The molecular weight excluding hydrogens is 198 g/mol. The van der Waals surface area contributed by atoms with Gasteiger partial charge in [-0.3, -0.25) is 0 Å². The second-order valence-electron chi connectivity index (χ2n) is 4.81. The Morgan fingerprint density at radius 1 is 1.06 bits per heavy atom. The van der Waals surface area contributed by atoms with Crippen LogP contribution in [0.1, 0.15) is 59.8 Å². The van der Waals surface area contributed by atoms with Crippen LogP contribution in [0, 0.1) is 5.92 Å². The fraction of sp³-hybridized carbons (Fsp3) is 1.00. The van der Waals surface area contributed by atoms with Crippen molar-refractivity contribution in [2.75, 3.05) is 19.8 Å². The number of rotatable bonds is 11. The van der Waals surface area contributed by atoms with Gasteiger partial charge < -0.3 is 10.1 Å². The molecule has 0 aromatic rings. The molecule has 0 amide bonds. The third-order valence-electron chi connectivity index (χ3n) is 3.01. The van der Waals surface area contributed by atoms with E-state index < -0.39 is 0 Å². The van der Waals surface area contributed by atoms with Crippen molar-refractivity contribution in [3.63, 3.8) is 0 Å². The van der Waals surface area contributed by atoms with E-state index in [9.17, 15) is 0 Å². The highest BCUT2D eigenvalue weighted by Crippen LogP contribution is 2.12. The van der Waals surface area contributed by atoms with E-state index in [0.717, 1.165) is 25.7 Å². The van der Waals surface area contributed by atoms with Gasteiger partial charge >= 0.3 is 0 Å².